The van der Waals surface area contributed by atoms with Gasteiger partial charge in [0.25, 0.3) is 0 Å². The fourth-order valence-electron chi connectivity index (χ4n) is 1.85. The quantitative estimate of drug-likeness (QED) is 0.743. The van der Waals surface area contributed by atoms with Crippen molar-refractivity contribution < 1.29 is 4.74 Å². The van der Waals surface area contributed by atoms with Crippen LogP contribution in [-0.4, -0.2) is 6.04 Å². The Hall–Kier alpha value is -0.840. The first-order valence-electron chi connectivity index (χ1n) is 6.56. The Morgan fingerprint density at radius 1 is 1.05 bits per heavy atom. The normalized spacial score (nSPS) is 12.2. The lowest BCUT2D eigenvalue weighted by atomic mass is 10.0. The van der Waals surface area contributed by atoms with Gasteiger partial charge in [-0.25, -0.2) is 0 Å². The topological polar surface area (TPSA) is 35.2 Å². The minimum absolute atomic E-state index is 0.156. The number of hydrogen-bond donors (Lipinski definition) is 1. The molecule has 0 aromatic heterocycles. The highest BCUT2D eigenvalue weighted by Gasteiger charge is 2.09. The van der Waals surface area contributed by atoms with Gasteiger partial charge in [0.2, 0.25) is 0 Å². The molecule has 2 nitrogen and oxygen atoms in total. The van der Waals surface area contributed by atoms with Crippen LogP contribution in [0.4, 0.5) is 0 Å². The van der Waals surface area contributed by atoms with Crippen molar-refractivity contribution in [2.75, 3.05) is 0 Å². The monoisotopic (exact) mass is 397 g/mol. The van der Waals surface area contributed by atoms with Gasteiger partial charge in [-0.15, -0.1) is 0 Å². The smallest absolute Gasteiger partial charge is 0.131 e. The van der Waals surface area contributed by atoms with Crippen molar-refractivity contribution in [1.82, 2.24) is 0 Å². The summed E-state index contributed by atoms with van der Waals surface area (Å²) in [6.07, 6.45) is 1.77. The molecule has 0 spiro atoms. The Kier molecular flexibility index (Phi) is 5.64. The second-order valence-electron chi connectivity index (χ2n) is 4.68. The fraction of sp³-hybridized carbons (Fsp3) is 0.250. The molecule has 2 aromatic carbocycles. The van der Waals surface area contributed by atoms with Crippen LogP contribution in [0.15, 0.2) is 51.4 Å². The minimum Gasteiger partial charge on any atom is -0.457 e. The largest absolute Gasteiger partial charge is 0.457 e. The molecule has 106 valence electrons. The van der Waals surface area contributed by atoms with Gasteiger partial charge in [-0.05, 0) is 54.8 Å². The molecule has 1 atom stereocenters. The zero-order valence-electron chi connectivity index (χ0n) is 11.3. The van der Waals surface area contributed by atoms with Crippen molar-refractivity contribution in [3.8, 4) is 11.5 Å². The lowest BCUT2D eigenvalue weighted by Gasteiger charge is -2.14. The molecule has 0 heterocycles. The van der Waals surface area contributed by atoms with Crippen LogP contribution in [0.25, 0.3) is 0 Å². The summed E-state index contributed by atoms with van der Waals surface area (Å²) in [6, 6.07) is 14.0. The number of nitrogens with two attached hydrogens (primary N) is 1. The zero-order valence-corrected chi connectivity index (χ0v) is 14.4. The van der Waals surface area contributed by atoms with Gasteiger partial charge >= 0.3 is 0 Å². The second-order valence-corrected chi connectivity index (χ2v) is 6.51. The van der Waals surface area contributed by atoms with Gasteiger partial charge in [-0.2, -0.15) is 0 Å². The van der Waals surface area contributed by atoms with Gasteiger partial charge in [0, 0.05) is 15.0 Å². The van der Waals surface area contributed by atoms with Crippen LogP contribution in [-0.2, 0) is 6.42 Å². The molecule has 4 heteroatoms. The highest BCUT2D eigenvalue weighted by atomic mass is 79.9. The molecule has 2 N–H and O–H groups in total. The average molecular weight is 399 g/mol. The average Bonchev–Trinajstić information content (AvgIpc) is 2.44. The Morgan fingerprint density at radius 2 is 1.70 bits per heavy atom. The van der Waals surface area contributed by atoms with Gasteiger partial charge < -0.3 is 10.5 Å². The van der Waals surface area contributed by atoms with Crippen molar-refractivity contribution >= 4 is 31.9 Å². The van der Waals surface area contributed by atoms with E-state index in [4.69, 9.17) is 10.5 Å². The van der Waals surface area contributed by atoms with E-state index in [0.29, 0.717) is 0 Å². The first kappa shape index (κ1) is 15.5. The maximum absolute atomic E-state index is 6.05. The van der Waals surface area contributed by atoms with Crippen molar-refractivity contribution in [3.05, 3.63) is 57.0 Å². The summed E-state index contributed by atoms with van der Waals surface area (Å²) in [4.78, 5) is 0. The molecule has 0 fully saturated rings. The number of hydrogen-bond acceptors (Lipinski definition) is 2. The lowest BCUT2D eigenvalue weighted by Crippen LogP contribution is -2.21. The number of rotatable bonds is 5. The molecule has 0 radical (unpaired) electrons. The molecule has 0 aliphatic carbocycles. The van der Waals surface area contributed by atoms with E-state index >= 15 is 0 Å². The Bertz CT molecular complexity index is 569. The van der Waals surface area contributed by atoms with Crippen LogP contribution in [0, 0.1) is 0 Å². The summed E-state index contributed by atoms with van der Waals surface area (Å²) in [5.74, 6) is 1.67. The molecular formula is C16H17Br2NO. The van der Waals surface area contributed by atoms with Crippen molar-refractivity contribution in [1.29, 1.82) is 0 Å². The highest BCUT2D eigenvalue weighted by Crippen LogP contribution is 2.30. The van der Waals surface area contributed by atoms with Gasteiger partial charge in [0.15, 0.2) is 0 Å². The summed E-state index contributed by atoms with van der Waals surface area (Å²) >= 11 is 6.91. The number of halogens is 2. The molecule has 0 bridgehead atoms. The van der Waals surface area contributed by atoms with E-state index in [1.54, 1.807) is 0 Å². The fourth-order valence-corrected chi connectivity index (χ4v) is 2.45. The molecule has 20 heavy (non-hydrogen) atoms. The van der Waals surface area contributed by atoms with Crippen molar-refractivity contribution in [2.24, 2.45) is 5.73 Å². The molecule has 2 rings (SSSR count). The van der Waals surface area contributed by atoms with Crippen LogP contribution >= 0.6 is 31.9 Å². The van der Waals surface area contributed by atoms with E-state index in [1.165, 1.54) is 0 Å². The van der Waals surface area contributed by atoms with Gasteiger partial charge in [0.1, 0.15) is 11.5 Å². The van der Waals surface area contributed by atoms with E-state index in [9.17, 15) is 0 Å². The summed E-state index contributed by atoms with van der Waals surface area (Å²) in [5, 5.41) is 0. The summed E-state index contributed by atoms with van der Waals surface area (Å²) in [6.45, 7) is 2.10. The van der Waals surface area contributed by atoms with Gasteiger partial charge in [-0.3, -0.25) is 0 Å². The summed E-state index contributed by atoms with van der Waals surface area (Å²) in [5.41, 5.74) is 7.18. The first-order chi connectivity index (χ1) is 9.58. The third kappa shape index (κ3) is 4.33. The Morgan fingerprint density at radius 3 is 2.35 bits per heavy atom. The van der Waals surface area contributed by atoms with E-state index in [2.05, 4.69) is 44.8 Å². The Balaban J connectivity index is 2.24. The van der Waals surface area contributed by atoms with E-state index in [1.807, 2.05) is 36.4 Å². The van der Waals surface area contributed by atoms with Crippen LogP contribution in [0.5, 0.6) is 11.5 Å². The zero-order chi connectivity index (χ0) is 14.5. The second kappa shape index (κ2) is 7.25. The summed E-state index contributed by atoms with van der Waals surface area (Å²) < 4.78 is 8.02. The summed E-state index contributed by atoms with van der Waals surface area (Å²) in [7, 11) is 0. The van der Waals surface area contributed by atoms with Crippen molar-refractivity contribution in [2.45, 2.75) is 25.8 Å². The molecule has 0 saturated heterocycles. The van der Waals surface area contributed by atoms with E-state index < -0.39 is 0 Å². The van der Waals surface area contributed by atoms with Crippen LogP contribution < -0.4 is 10.5 Å². The molecule has 2 aromatic rings. The van der Waals surface area contributed by atoms with Gasteiger partial charge in [-0.1, -0.05) is 44.8 Å². The molecule has 0 amide bonds. The third-order valence-electron chi connectivity index (χ3n) is 3.08. The van der Waals surface area contributed by atoms with Gasteiger partial charge in [0.05, 0.1) is 0 Å². The Labute approximate surface area is 136 Å². The maximum Gasteiger partial charge on any atom is 0.131 e. The minimum atomic E-state index is 0.156. The van der Waals surface area contributed by atoms with Crippen LogP contribution in [0.2, 0.25) is 0 Å². The SMILES string of the molecule is CCC(N)Cc1ccc(Br)cc1Oc1ccc(Br)cc1. The van der Waals surface area contributed by atoms with Crippen LogP contribution in [0.3, 0.4) is 0 Å². The lowest BCUT2D eigenvalue weighted by molar-refractivity contribution is 0.471. The van der Waals surface area contributed by atoms with E-state index in [0.717, 1.165) is 38.8 Å². The van der Waals surface area contributed by atoms with Crippen LogP contribution in [0.1, 0.15) is 18.9 Å². The molecule has 0 aliphatic rings. The predicted octanol–water partition coefficient (Wildman–Crippen LogP) is 5.28. The molecule has 0 aliphatic heterocycles. The van der Waals surface area contributed by atoms with E-state index in [-0.39, 0.29) is 6.04 Å². The molecule has 0 saturated carbocycles. The highest BCUT2D eigenvalue weighted by molar-refractivity contribution is 9.10. The number of ether oxygens (including phenoxy) is 1. The van der Waals surface area contributed by atoms with Crippen molar-refractivity contribution in [3.63, 3.8) is 0 Å². The first-order valence-corrected chi connectivity index (χ1v) is 8.14. The molecular weight excluding hydrogens is 382 g/mol. The maximum atomic E-state index is 6.05. The predicted molar refractivity (Wildman–Crippen MR) is 90.3 cm³/mol. The molecule has 1 unspecified atom stereocenters. The third-order valence-corrected chi connectivity index (χ3v) is 4.10. The standard InChI is InChI=1S/C16H17Br2NO/c1-2-14(19)9-11-3-4-13(18)10-16(11)20-15-7-5-12(17)6-8-15/h3-8,10,14H,2,9,19H2,1H3. The number of benzene rings is 2.